The van der Waals surface area contributed by atoms with Gasteiger partial charge < -0.3 is 15.1 Å². The summed E-state index contributed by atoms with van der Waals surface area (Å²) >= 11 is 0. The number of benzene rings is 2. The van der Waals surface area contributed by atoms with E-state index in [0.29, 0.717) is 19.6 Å². The molecule has 2 amide bonds. The third-order valence-electron chi connectivity index (χ3n) is 5.92. The SMILES string of the molecule is CCNC(=O)N1CCN(c2nc(-c3ccccc3)nc(C)c2Cc2ccc(C)cc2)CC1. The van der Waals surface area contributed by atoms with Crippen LogP contribution in [0.2, 0.25) is 0 Å². The summed E-state index contributed by atoms with van der Waals surface area (Å²) in [5.74, 6) is 1.73. The van der Waals surface area contributed by atoms with Crippen LogP contribution in [0.3, 0.4) is 0 Å². The maximum Gasteiger partial charge on any atom is 0.317 e. The summed E-state index contributed by atoms with van der Waals surface area (Å²) in [5, 5.41) is 2.90. The molecule has 0 unspecified atom stereocenters. The average Bonchev–Trinajstić information content (AvgIpc) is 2.82. The number of urea groups is 1. The quantitative estimate of drug-likeness (QED) is 0.660. The predicted octanol–water partition coefficient (Wildman–Crippen LogP) is 4.20. The molecule has 6 heteroatoms. The van der Waals surface area contributed by atoms with E-state index in [4.69, 9.17) is 9.97 Å². The highest BCUT2D eigenvalue weighted by Gasteiger charge is 2.25. The van der Waals surface area contributed by atoms with Gasteiger partial charge in [0.25, 0.3) is 0 Å². The first-order chi connectivity index (χ1) is 15.5. The van der Waals surface area contributed by atoms with Crippen LogP contribution in [0.4, 0.5) is 10.6 Å². The maximum absolute atomic E-state index is 12.2. The van der Waals surface area contributed by atoms with Gasteiger partial charge in [0.1, 0.15) is 5.82 Å². The molecule has 32 heavy (non-hydrogen) atoms. The van der Waals surface area contributed by atoms with E-state index in [-0.39, 0.29) is 6.03 Å². The lowest BCUT2D eigenvalue weighted by molar-refractivity contribution is 0.195. The first-order valence-electron chi connectivity index (χ1n) is 11.3. The van der Waals surface area contributed by atoms with Gasteiger partial charge in [-0.2, -0.15) is 0 Å². The lowest BCUT2D eigenvalue weighted by atomic mass is 10.0. The molecule has 1 aliphatic heterocycles. The maximum atomic E-state index is 12.2. The Balaban J connectivity index is 1.67. The largest absolute Gasteiger partial charge is 0.353 e. The van der Waals surface area contributed by atoms with Gasteiger partial charge in [-0.15, -0.1) is 0 Å². The second kappa shape index (κ2) is 9.81. The molecule has 0 spiro atoms. The molecule has 0 radical (unpaired) electrons. The van der Waals surface area contributed by atoms with Crippen molar-refractivity contribution in [1.29, 1.82) is 0 Å². The number of rotatable bonds is 5. The van der Waals surface area contributed by atoms with Crippen molar-refractivity contribution >= 4 is 11.8 Å². The molecule has 2 aromatic carbocycles. The Hall–Kier alpha value is -3.41. The Morgan fingerprint density at radius 3 is 2.28 bits per heavy atom. The van der Waals surface area contributed by atoms with Gasteiger partial charge in [-0.05, 0) is 26.3 Å². The number of piperazine rings is 1. The summed E-state index contributed by atoms with van der Waals surface area (Å²) in [7, 11) is 0. The van der Waals surface area contributed by atoms with Crippen LogP contribution < -0.4 is 10.2 Å². The van der Waals surface area contributed by atoms with Crippen molar-refractivity contribution < 1.29 is 4.79 Å². The normalized spacial score (nSPS) is 13.8. The smallest absolute Gasteiger partial charge is 0.317 e. The Morgan fingerprint density at radius 1 is 0.938 bits per heavy atom. The van der Waals surface area contributed by atoms with Crippen molar-refractivity contribution in [2.75, 3.05) is 37.6 Å². The fraction of sp³-hybridized carbons (Fsp3) is 0.346. The summed E-state index contributed by atoms with van der Waals surface area (Å²) in [6.45, 7) is 9.63. The zero-order chi connectivity index (χ0) is 22.5. The van der Waals surface area contributed by atoms with Crippen molar-refractivity contribution in [1.82, 2.24) is 20.2 Å². The number of hydrogen-bond acceptors (Lipinski definition) is 4. The standard InChI is InChI=1S/C26H31N5O/c1-4-27-26(32)31-16-14-30(15-17-31)25-23(18-21-12-10-19(2)11-13-21)20(3)28-24(29-25)22-8-6-5-7-9-22/h5-13H,4,14-18H2,1-3H3,(H,27,32). The lowest BCUT2D eigenvalue weighted by Gasteiger charge is -2.36. The van der Waals surface area contributed by atoms with Crippen LogP contribution in [0, 0.1) is 13.8 Å². The highest BCUT2D eigenvalue weighted by Crippen LogP contribution is 2.28. The molecule has 4 rings (SSSR count). The number of hydrogen-bond donors (Lipinski definition) is 1. The van der Waals surface area contributed by atoms with E-state index in [9.17, 15) is 4.79 Å². The Bertz CT molecular complexity index is 1060. The van der Waals surface area contributed by atoms with E-state index in [1.807, 2.05) is 42.2 Å². The molecule has 0 saturated carbocycles. The van der Waals surface area contributed by atoms with E-state index in [1.54, 1.807) is 0 Å². The number of anilines is 1. The summed E-state index contributed by atoms with van der Waals surface area (Å²) in [5.41, 5.74) is 5.67. The summed E-state index contributed by atoms with van der Waals surface area (Å²) in [6.07, 6.45) is 0.785. The van der Waals surface area contributed by atoms with Crippen LogP contribution in [0.15, 0.2) is 54.6 Å². The fourth-order valence-electron chi connectivity index (χ4n) is 4.06. The Kier molecular flexibility index (Phi) is 6.69. The molecule has 1 fully saturated rings. The third kappa shape index (κ3) is 4.90. The molecular formula is C26H31N5O. The number of nitrogens with one attached hydrogen (secondary N) is 1. The second-order valence-corrected chi connectivity index (χ2v) is 8.27. The zero-order valence-corrected chi connectivity index (χ0v) is 19.1. The minimum Gasteiger partial charge on any atom is -0.353 e. The van der Waals surface area contributed by atoms with Crippen molar-refractivity contribution in [2.24, 2.45) is 0 Å². The molecule has 0 atom stereocenters. The van der Waals surface area contributed by atoms with Crippen molar-refractivity contribution in [3.63, 3.8) is 0 Å². The van der Waals surface area contributed by atoms with E-state index < -0.39 is 0 Å². The highest BCUT2D eigenvalue weighted by atomic mass is 16.2. The van der Waals surface area contributed by atoms with Crippen LogP contribution in [0.1, 0.15) is 29.3 Å². The van der Waals surface area contributed by atoms with Gasteiger partial charge in [-0.1, -0.05) is 60.2 Å². The summed E-state index contributed by atoms with van der Waals surface area (Å²) < 4.78 is 0. The zero-order valence-electron chi connectivity index (χ0n) is 19.1. The number of carbonyl (C=O) groups is 1. The van der Waals surface area contributed by atoms with Gasteiger partial charge in [0.2, 0.25) is 0 Å². The van der Waals surface area contributed by atoms with Crippen molar-refractivity contribution in [2.45, 2.75) is 27.2 Å². The van der Waals surface area contributed by atoms with Crippen molar-refractivity contribution in [3.8, 4) is 11.4 Å². The number of aromatic nitrogens is 2. The number of aryl methyl sites for hydroxylation is 2. The third-order valence-corrected chi connectivity index (χ3v) is 5.92. The average molecular weight is 430 g/mol. The monoisotopic (exact) mass is 429 g/mol. The van der Waals surface area contributed by atoms with Crippen LogP contribution in [0.5, 0.6) is 0 Å². The molecule has 0 aliphatic carbocycles. The first kappa shape index (κ1) is 21.8. The molecule has 1 N–H and O–H groups in total. The van der Waals surface area contributed by atoms with Crippen LogP contribution in [-0.2, 0) is 6.42 Å². The molecule has 1 aliphatic rings. The molecule has 0 bridgehead atoms. The Labute approximate surface area is 190 Å². The topological polar surface area (TPSA) is 61.4 Å². The van der Waals surface area contributed by atoms with Crippen LogP contribution >= 0.6 is 0 Å². The Morgan fingerprint density at radius 2 is 1.62 bits per heavy atom. The number of amides is 2. The highest BCUT2D eigenvalue weighted by molar-refractivity contribution is 5.74. The summed E-state index contributed by atoms with van der Waals surface area (Å²) in [6, 6.07) is 18.8. The predicted molar refractivity (Wildman–Crippen MR) is 129 cm³/mol. The number of nitrogens with zero attached hydrogens (tertiary/aromatic N) is 4. The second-order valence-electron chi connectivity index (χ2n) is 8.27. The van der Waals surface area contributed by atoms with E-state index in [1.165, 1.54) is 11.1 Å². The molecular weight excluding hydrogens is 398 g/mol. The molecule has 6 nitrogen and oxygen atoms in total. The van der Waals surface area contributed by atoms with Gasteiger partial charge >= 0.3 is 6.03 Å². The van der Waals surface area contributed by atoms with Crippen molar-refractivity contribution in [3.05, 3.63) is 77.0 Å². The van der Waals surface area contributed by atoms with E-state index in [2.05, 4.69) is 48.3 Å². The van der Waals surface area contributed by atoms with Gasteiger partial charge in [-0.3, -0.25) is 0 Å². The van der Waals surface area contributed by atoms with Gasteiger partial charge in [-0.25, -0.2) is 14.8 Å². The molecule has 2 heterocycles. The van der Waals surface area contributed by atoms with Gasteiger partial charge in [0, 0.05) is 56.0 Å². The fourth-order valence-corrected chi connectivity index (χ4v) is 4.06. The minimum atomic E-state index is 0.0101. The van der Waals surface area contributed by atoms with Gasteiger partial charge in [0.15, 0.2) is 5.82 Å². The van der Waals surface area contributed by atoms with Crippen LogP contribution in [0.25, 0.3) is 11.4 Å². The molecule has 1 aromatic heterocycles. The first-order valence-corrected chi connectivity index (χ1v) is 11.3. The molecule has 1 saturated heterocycles. The van der Waals surface area contributed by atoms with Gasteiger partial charge in [0.05, 0.1) is 0 Å². The van der Waals surface area contributed by atoms with E-state index in [0.717, 1.165) is 48.0 Å². The van der Waals surface area contributed by atoms with Crippen LogP contribution in [-0.4, -0.2) is 53.6 Å². The molecule has 3 aromatic rings. The minimum absolute atomic E-state index is 0.0101. The van der Waals surface area contributed by atoms with E-state index >= 15 is 0 Å². The lowest BCUT2D eigenvalue weighted by Crippen LogP contribution is -2.52. The number of carbonyl (C=O) groups excluding carboxylic acids is 1. The molecule has 166 valence electrons. The summed E-state index contributed by atoms with van der Waals surface area (Å²) in [4.78, 5) is 26.3.